The number of aromatic nitrogens is 1. The van der Waals surface area contributed by atoms with Gasteiger partial charge in [0.25, 0.3) is 0 Å². The molecule has 0 aliphatic carbocycles. The molecule has 3 heteroatoms. The van der Waals surface area contributed by atoms with Gasteiger partial charge >= 0.3 is 5.97 Å². The van der Waals surface area contributed by atoms with Crippen molar-refractivity contribution in [1.82, 2.24) is 4.57 Å². The number of aromatic carboxylic acids is 1. The van der Waals surface area contributed by atoms with Crippen molar-refractivity contribution in [3.8, 4) is 0 Å². The van der Waals surface area contributed by atoms with E-state index in [0.29, 0.717) is 11.5 Å². The second-order valence-electron chi connectivity index (χ2n) is 3.63. The van der Waals surface area contributed by atoms with Gasteiger partial charge in [0.2, 0.25) is 0 Å². The zero-order chi connectivity index (χ0) is 9.84. The lowest BCUT2D eigenvalue weighted by Crippen LogP contribution is -1.99. The van der Waals surface area contributed by atoms with Crippen LogP contribution in [0.15, 0.2) is 18.5 Å². The first-order valence-electron chi connectivity index (χ1n) is 4.48. The van der Waals surface area contributed by atoms with Crippen molar-refractivity contribution in [1.29, 1.82) is 0 Å². The molecule has 0 saturated carbocycles. The first-order valence-corrected chi connectivity index (χ1v) is 4.48. The van der Waals surface area contributed by atoms with Crippen molar-refractivity contribution in [2.24, 2.45) is 5.92 Å². The average molecular weight is 181 g/mol. The van der Waals surface area contributed by atoms with Gasteiger partial charge in [0.15, 0.2) is 0 Å². The van der Waals surface area contributed by atoms with E-state index in [-0.39, 0.29) is 0 Å². The van der Waals surface area contributed by atoms with E-state index in [0.717, 1.165) is 13.0 Å². The zero-order valence-corrected chi connectivity index (χ0v) is 8.03. The van der Waals surface area contributed by atoms with E-state index < -0.39 is 5.97 Å². The smallest absolute Gasteiger partial charge is 0.337 e. The molecule has 1 aromatic rings. The van der Waals surface area contributed by atoms with Crippen molar-refractivity contribution < 1.29 is 9.90 Å². The van der Waals surface area contributed by atoms with E-state index in [1.165, 1.54) is 0 Å². The monoisotopic (exact) mass is 181 g/mol. The fourth-order valence-corrected chi connectivity index (χ4v) is 1.11. The standard InChI is InChI=1S/C10H15NO2/c1-8(2)3-5-11-6-4-9(7-11)10(12)13/h4,6-8H,3,5H2,1-2H3,(H,12,13). The van der Waals surface area contributed by atoms with E-state index >= 15 is 0 Å². The third kappa shape index (κ3) is 2.93. The van der Waals surface area contributed by atoms with E-state index in [1.807, 2.05) is 10.8 Å². The second-order valence-corrected chi connectivity index (χ2v) is 3.63. The van der Waals surface area contributed by atoms with Gasteiger partial charge in [-0.15, -0.1) is 0 Å². The van der Waals surface area contributed by atoms with Gasteiger partial charge in [-0.25, -0.2) is 4.79 Å². The Morgan fingerprint density at radius 3 is 2.77 bits per heavy atom. The van der Waals surface area contributed by atoms with Gasteiger partial charge in [0, 0.05) is 18.9 Å². The maximum absolute atomic E-state index is 10.5. The Bertz CT molecular complexity index is 289. The van der Waals surface area contributed by atoms with Gasteiger partial charge in [-0.1, -0.05) is 13.8 Å². The molecule has 1 rings (SSSR count). The molecule has 3 nitrogen and oxygen atoms in total. The fourth-order valence-electron chi connectivity index (χ4n) is 1.11. The zero-order valence-electron chi connectivity index (χ0n) is 8.03. The summed E-state index contributed by atoms with van der Waals surface area (Å²) in [6.07, 6.45) is 4.56. The minimum atomic E-state index is -0.858. The van der Waals surface area contributed by atoms with E-state index in [9.17, 15) is 4.79 Å². The van der Waals surface area contributed by atoms with Crippen LogP contribution >= 0.6 is 0 Å². The summed E-state index contributed by atoms with van der Waals surface area (Å²) in [5.41, 5.74) is 0.365. The second kappa shape index (κ2) is 4.12. The number of nitrogens with zero attached hydrogens (tertiary/aromatic N) is 1. The summed E-state index contributed by atoms with van der Waals surface area (Å²) in [6.45, 7) is 5.20. The molecule has 0 unspecified atom stereocenters. The molecular formula is C10H15NO2. The number of hydrogen-bond donors (Lipinski definition) is 1. The lowest BCUT2D eigenvalue weighted by Gasteiger charge is -2.04. The van der Waals surface area contributed by atoms with Gasteiger partial charge in [-0.05, 0) is 18.4 Å². The van der Waals surface area contributed by atoms with Gasteiger partial charge in [0.1, 0.15) is 0 Å². The van der Waals surface area contributed by atoms with Crippen molar-refractivity contribution in [3.05, 3.63) is 24.0 Å². The SMILES string of the molecule is CC(C)CCn1ccc(C(=O)O)c1. The molecule has 0 aromatic carbocycles. The number of hydrogen-bond acceptors (Lipinski definition) is 1. The van der Waals surface area contributed by atoms with Crippen LogP contribution in [0.25, 0.3) is 0 Å². The maximum Gasteiger partial charge on any atom is 0.337 e. The summed E-state index contributed by atoms with van der Waals surface area (Å²) in [4.78, 5) is 10.5. The Morgan fingerprint density at radius 2 is 2.31 bits per heavy atom. The van der Waals surface area contributed by atoms with Gasteiger partial charge in [-0.2, -0.15) is 0 Å². The summed E-state index contributed by atoms with van der Waals surface area (Å²) in [5.74, 6) is -0.209. The van der Waals surface area contributed by atoms with E-state index in [4.69, 9.17) is 5.11 Å². The van der Waals surface area contributed by atoms with Crippen LogP contribution in [0, 0.1) is 5.92 Å². The van der Waals surface area contributed by atoms with Crippen LogP contribution in [0.5, 0.6) is 0 Å². The molecule has 1 heterocycles. The quantitative estimate of drug-likeness (QED) is 0.774. The molecule has 1 N–H and O–H groups in total. The molecule has 0 radical (unpaired) electrons. The highest BCUT2D eigenvalue weighted by Crippen LogP contribution is 2.06. The Labute approximate surface area is 78.0 Å². The largest absolute Gasteiger partial charge is 0.478 e. The highest BCUT2D eigenvalue weighted by atomic mass is 16.4. The van der Waals surface area contributed by atoms with Crippen molar-refractivity contribution in [3.63, 3.8) is 0 Å². The molecule has 0 fully saturated rings. The third-order valence-electron chi connectivity index (χ3n) is 1.96. The molecule has 0 amide bonds. The molecule has 0 bridgehead atoms. The number of aryl methyl sites for hydroxylation is 1. The summed E-state index contributed by atoms with van der Waals surface area (Å²) in [5, 5.41) is 8.66. The fraction of sp³-hybridized carbons (Fsp3) is 0.500. The highest BCUT2D eigenvalue weighted by molar-refractivity contribution is 5.87. The third-order valence-corrected chi connectivity index (χ3v) is 1.96. The number of carboxylic acid groups (broad SMARTS) is 1. The summed E-state index contributed by atoms with van der Waals surface area (Å²) in [7, 11) is 0. The van der Waals surface area contributed by atoms with E-state index in [2.05, 4.69) is 13.8 Å². The van der Waals surface area contributed by atoms with E-state index in [1.54, 1.807) is 12.3 Å². The minimum Gasteiger partial charge on any atom is -0.478 e. The molecule has 0 saturated heterocycles. The molecule has 1 aromatic heterocycles. The van der Waals surface area contributed by atoms with Crippen molar-refractivity contribution >= 4 is 5.97 Å². The van der Waals surface area contributed by atoms with Gasteiger partial charge < -0.3 is 9.67 Å². The molecule has 13 heavy (non-hydrogen) atoms. The molecule has 0 spiro atoms. The lowest BCUT2D eigenvalue weighted by atomic mass is 10.1. The molecular weight excluding hydrogens is 166 g/mol. The number of rotatable bonds is 4. The summed E-state index contributed by atoms with van der Waals surface area (Å²) >= 11 is 0. The predicted octanol–water partition coefficient (Wildman–Crippen LogP) is 2.23. The van der Waals surface area contributed by atoms with Gasteiger partial charge in [0.05, 0.1) is 5.56 Å². The number of carbonyl (C=O) groups is 1. The van der Waals surface area contributed by atoms with Crippen LogP contribution in [0.3, 0.4) is 0 Å². The number of carboxylic acids is 1. The highest BCUT2D eigenvalue weighted by Gasteiger charge is 2.04. The van der Waals surface area contributed by atoms with Crippen LogP contribution in [0.4, 0.5) is 0 Å². The summed E-state index contributed by atoms with van der Waals surface area (Å²) in [6, 6.07) is 1.63. The predicted molar refractivity (Wildman–Crippen MR) is 50.8 cm³/mol. The molecule has 0 atom stereocenters. The van der Waals surface area contributed by atoms with Crippen LogP contribution in [-0.4, -0.2) is 15.6 Å². The minimum absolute atomic E-state index is 0.365. The Balaban J connectivity index is 2.54. The van der Waals surface area contributed by atoms with Crippen LogP contribution in [0.2, 0.25) is 0 Å². The Morgan fingerprint density at radius 1 is 1.62 bits per heavy atom. The topological polar surface area (TPSA) is 42.2 Å². The normalized spacial score (nSPS) is 10.7. The maximum atomic E-state index is 10.5. The first kappa shape index (κ1) is 9.84. The Hall–Kier alpha value is -1.25. The van der Waals surface area contributed by atoms with Crippen molar-refractivity contribution in [2.45, 2.75) is 26.8 Å². The van der Waals surface area contributed by atoms with Crippen LogP contribution in [0.1, 0.15) is 30.6 Å². The Kier molecular flexibility index (Phi) is 3.12. The van der Waals surface area contributed by atoms with Crippen LogP contribution < -0.4 is 0 Å². The van der Waals surface area contributed by atoms with Crippen LogP contribution in [-0.2, 0) is 6.54 Å². The van der Waals surface area contributed by atoms with Crippen molar-refractivity contribution in [2.75, 3.05) is 0 Å². The molecule has 0 aliphatic heterocycles. The molecule has 0 aliphatic rings. The van der Waals surface area contributed by atoms with Gasteiger partial charge in [-0.3, -0.25) is 0 Å². The molecule has 72 valence electrons. The summed E-state index contributed by atoms with van der Waals surface area (Å²) < 4.78 is 1.92. The first-order chi connectivity index (χ1) is 6.09. The average Bonchev–Trinajstić information content (AvgIpc) is 2.48. The lowest BCUT2D eigenvalue weighted by molar-refractivity contribution is 0.0697.